The van der Waals surface area contributed by atoms with Gasteiger partial charge in [0.15, 0.2) is 10.9 Å². The molecule has 1 aliphatic rings. The molecule has 0 saturated carbocycles. The third-order valence-electron chi connectivity index (χ3n) is 3.80. The van der Waals surface area contributed by atoms with E-state index in [1.54, 1.807) is 11.6 Å². The molecule has 0 aliphatic carbocycles. The van der Waals surface area contributed by atoms with Crippen molar-refractivity contribution < 1.29 is 18.9 Å². The Balaban J connectivity index is 1.55. The van der Waals surface area contributed by atoms with Gasteiger partial charge in [0.1, 0.15) is 4.92 Å². The van der Waals surface area contributed by atoms with E-state index in [-0.39, 0.29) is 17.6 Å². The maximum atomic E-state index is 12.3. The standard InChI is InChI=1S/C14H14N4O5S/c19-12(16-14-15-5-8-24-14)9-3-6-17(7-4-9)13(20)10-1-2-11(23-10)18(21)22/h1-2,5,8-9H,3-4,6-7H2,(H,15,16,19). The number of likely N-dealkylation sites (tertiary alicyclic amines) is 1. The van der Waals surface area contributed by atoms with Gasteiger partial charge in [0.25, 0.3) is 5.91 Å². The smallest absolute Gasteiger partial charge is 0.395 e. The van der Waals surface area contributed by atoms with Crippen LogP contribution in [0.4, 0.5) is 11.0 Å². The molecule has 24 heavy (non-hydrogen) atoms. The molecular formula is C14H14N4O5S. The molecule has 3 heterocycles. The average molecular weight is 350 g/mol. The van der Waals surface area contributed by atoms with Gasteiger partial charge in [-0.3, -0.25) is 19.7 Å². The van der Waals surface area contributed by atoms with Gasteiger partial charge in [0.2, 0.25) is 5.91 Å². The molecule has 0 bridgehead atoms. The lowest BCUT2D eigenvalue weighted by molar-refractivity contribution is -0.402. The van der Waals surface area contributed by atoms with Crippen LogP contribution in [0.2, 0.25) is 0 Å². The quantitative estimate of drug-likeness (QED) is 0.666. The molecule has 0 aromatic carbocycles. The maximum absolute atomic E-state index is 12.3. The third-order valence-corrected chi connectivity index (χ3v) is 4.49. The first-order valence-corrected chi connectivity index (χ1v) is 8.16. The van der Waals surface area contributed by atoms with Crippen LogP contribution in [-0.2, 0) is 4.79 Å². The first-order valence-electron chi connectivity index (χ1n) is 7.28. The number of rotatable bonds is 4. The van der Waals surface area contributed by atoms with Crippen molar-refractivity contribution in [1.29, 1.82) is 0 Å². The van der Waals surface area contributed by atoms with Crippen molar-refractivity contribution in [3.05, 3.63) is 39.6 Å². The number of anilines is 1. The summed E-state index contributed by atoms with van der Waals surface area (Å²) in [4.78, 5) is 39.9. The SMILES string of the molecule is O=C(Nc1nccs1)C1CCN(C(=O)c2ccc([N+](=O)[O-])o2)CC1. The van der Waals surface area contributed by atoms with Gasteiger partial charge >= 0.3 is 5.88 Å². The molecule has 3 rings (SSSR count). The van der Waals surface area contributed by atoms with Gasteiger partial charge in [-0.05, 0) is 18.9 Å². The zero-order chi connectivity index (χ0) is 17.1. The van der Waals surface area contributed by atoms with Gasteiger partial charge in [-0.1, -0.05) is 0 Å². The minimum atomic E-state index is -0.689. The molecule has 1 aliphatic heterocycles. The van der Waals surface area contributed by atoms with Crippen LogP contribution in [0, 0.1) is 16.0 Å². The number of carbonyl (C=O) groups is 2. The maximum Gasteiger partial charge on any atom is 0.433 e. The van der Waals surface area contributed by atoms with Crippen molar-refractivity contribution >= 4 is 34.2 Å². The summed E-state index contributed by atoms with van der Waals surface area (Å²) < 4.78 is 4.93. The molecule has 1 N–H and O–H groups in total. The molecule has 9 nitrogen and oxygen atoms in total. The number of piperidine rings is 1. The first-order chi connectivity index (χ1) is 11.5. The molecule has 0 spiro atoms. The third kappa shape index (κ3) is 3.43. The van der Waals surface area contributed by atoms with Crippen molar-refractivity contribution in [2.24, 2.45) is 5.92 Å². The highest BCUT2D eigenvalue weighted by Gasteiger charge is 2.30. The van der Waals surface area contributed by atoms with E-state index in [0.29, 0.717) is 31.1 Å². The van der Waals surface area contributed by atoms with Crippen LogP contribution in [0.25, 0.3) is 0 Å². The lowest BCUT2D eigenvalue weighted by Crippen LogP contribution is -2.41. The molecule has 0 radical (unpaired) electrons. The fourth-order valence-corrected chi connectivity index (χ4v) is 3.07. The Labute approximate surface area is 140 Å². The Bertz CT molecular complexity index is 749. The fourth-order valence-electron chi connectivity index (χ4n) is 2.53. The first kappa shape index (κ1) is 16.1. The zero-order valence-corrected chi connectivity index (χ0v) is 13.3. The minimum Gasteiger partial charge on any atom is -0.395 e. The second kappa shape index (κ2) is 6.79. The summed E-state index contributed by atoms with van der Waals surface area (Å²) in [5, 5.41) is 15.7. The topological polar surface area (TPSA) is 119 Å². The van der Waals surface area contributed by atoms with Crippen molar-refractivity contribution in [2.45, 2.75) is 12.8 Å². The highest BCUT2D eigenvalue weighted by atomic mass is 32.1. The number of aromatic nitrogens is 1. The number of thiazole rings is 1. The largest absolute Gasteiger partial charge is 0.433 e. The van der Waals surface area contributed by atoms with Crippen LogP contribution in [0.1, 0.15) is 23.4 Å². The van der Waals surface area contributed by atoms with Gasteiger partial charge in [-0.25, -0.2) is 4.98 Å². The monoisotopic (exact) mass is 350 g/mol. The van der Waals surface area contributed by atoms with Crippen molar-refractivity contribution in [2.75, 3.05) is 18.4 Å². The van der Waals surface area contributed by atoms with Crippen LogP contribution in [0.15, 0.2) is 28.1 Å². The van der Waals surface area contributed by atoms with Crippen molar-refractivity contribution in [3.8, 4) is 0 Å². The summed E-state index contributed by atoms with van der Waals surface area (Å²) in [5.74, 6) is -1.22. The van der Waals surface area contributed by atoms with Crippen LogP contribution in [0.3, 0.4) is 0 Å². The summed E-state index contributed by atoms with van der Waals surface area (Å²) >= 11 is 1.35. The van der Waals surface area contributed by atoms with Crippen molar-refractivity contribution in [1.82, 2.24) is 9.88 Å². The normalized spacial score (nSPS) is 15.2. The Hall–Kier alpha value is -2.75. The second-order valence-electron chi connectivity index (χ2n) is 5.29. The number of nitrogens with one attached hydrogen (secondary N) is 1. The summed E-state index contributed by atoms with van der Waals surface area (Å²) in [6.45, 7) is 0.784. The van der Waals surface area contributed by atoms with Crippen LogP contribution < -0.4 is 5.32 Å². The van der Waals surface area contributed by atoms with E-state index in [0.717, 1.165) is 6.07 Å². The van der Waals surface area contributed by atoms with Crippen LogP contribution in [0.5, 0.6) is 0 Å². The number of hydrogen-bond donors (Lipinski definition) is 1. The molecule has 1 saturated heterocycles. The van der Waals surface area contributed by atoms with Gasteiger partial charge < -0.3 is 14.6 Å². The second-order valence-corrected chi connectivity index (χ2v) is 6.18. The summed E-state index contributed by atoms with van der Waals surface area (Å²) in [6, 6.07) is 2.45. The molecule has 2 aromatic rings. The van der Waals surface area contributed by atoms with E-state index in [1.807, 2.05) is 0 Å². The summed E-state index contributed by atoms with van der Waals surface area (Å²) in [6.07, 6.45) is 2.65. The molecule has 0 atom stereocenters. The van der Waals surface area contributed by atoms with E-state index >= 15 is 0 Å². The molecule has 2 amide bonds. The van der Waals surface area contributed by atoms with Crippen LogP contribution in [-0.4, -0.2) is 39.7 Å². The predicted octanol–water partition coefficient (Wildman–Crippen LogP) is 2.14. The number of amides is 2. The molecule has 2 aromatic heterocycles. The van der Waals surface area contributed by atoms with Crippen LogP contribution >= 0.6 is 11.3 Å². The Morgan fingerprint density at radius 2 is 2.12 bits per heavy atom. The number of furan rings is 1. The average Bonchev–Trinajstić information content (AvgIpc) is 3.26. The Morgan fingerprint density at radius 1 is 1.38 bits per heavy atom. The van der Waals surface area contributed by atoms with E-state index in [4.69, 9.17) is 4.42 Å². The number of hydrogen-bond acceptors (Lipinski definition) is 7. The zero-order valence-electron chi connectivity index (χ0n) is 12.5. The molecule has 10 heteroatoms. The Kier molecular flexibility index (Phi) is 4.56. The van der Waals surface area contributed by atoms with E-state index < -0.39 is 16.7 Å². The lowest BCUT2D eigenvalue weighted by Gasteiger charge is -2.30. The Morgan fingerprint density at radius 3 is 2.71 bits per heavy atom. The fraction of sp³-hybridized carbons (Fsp3) is 0.357. The number of nitrogens with zero attached hydrogens (tertiary/aromatic N) is 3. The predicted molar refractivity (Wildman–Crippen MR) is 84.7 cm³/mol. The van der Waals surface area contributed by atoms with E-state index in [9.17, 15) is 19.7 Å². The lowest BCUT2D eigenvalue weighted by atomic mass is 9.96. The summed E-state index contributed by atoms with van der Waals surface area (Å²) in [7, 11) is 0. The highest BCUT2D eigenvalue weighted by Crippen LogP contribution is 2.23. The summed E-state index contributed by atoms with van der Waals surface area (Å²) in [5.41, 5.74) is 0. The van der Waals surface area contributed by atoms with Crippen molar-refractivity contribution in [3.63, 3.8) is 0 Å². The number of carbonyl (C=O) groups excluding carboxylic acids is 2. The molecule has 0 unspecified atom stereocenters. The molecule has 1 fully saturated rings. The molecular weight excluding hydrogens is 336 g/mol. The van der Waals surface area contributed by atoms with E-state index in [2.05, 4.69) is 10.3 Å². The number of nitro groups is 1. The highest BCUT2D eigenvalue weighted by molar-refractivity contribution is 7.13. The van der Waals surface area contributed by atoms with Gasteiger partial charge in [-0.15, -0.1) is 11.3 Å². The van der Waals surface area contributed by atoms with Gasteiger partial charge in [-0.2, -0.15) is 0 Å². The van der Waals surface area contributed by atoms with Gasteiger partial charge in [0, 0.05) is 30.6 Å². The minimum absolute atomic E-state index is 0.0626. The molecule has 126 valence electrons. The van der Waals surface area contributed by atoms with E-state index in [1.165, 1.54) is 22.3 Å². The van der Waals surface area contributed by atoms with Gasteiger partial charge in [0.05, 0.1) is 6.07 Å².